The van der Waals surface area contributed by atoms with Crippen LogP contribution >= 0.6 is 0 Å². The van der Waals surface area contributed by atoms with E-state index in [4.69, 9.17) is 0 Å². The Morgan fingerprint density at radius 3 is 2.56 bits per heavy atom. The van der Waals surface area contributed by atoms with E-state index < -0.39 is 11.5 Å². The Balaban J connectivity index is 1.93. The van der Waals surface area contributed by atoms with Gasteiger partial charge in [0, 0.05) is 5.92 Å². The fraction of sp³-hybridized carbons (Fsp3) is 0.769. The number of carbonyl (C=O) groups is 1. The van der Waals surface area contributed by atoms with Crippen LogP contribution < -0.4 is 0 Å². The molecule has 2 aliphatic rings. The summed E-state index contributed by atoms with van der Waals surface area (Å²) in [4.78, 5) is 11.6. The van der Waals surface area contributed by atoms with Gasteiger partial charge in [-0.1, -0.05) is 19.3 Å². The highest BCUT2D eigenvalue weighted by molar-refractivity contribution is 5.78. The lowest BCUT2D eigenvalue weighted by atomic mass is 9.76. The molecule has 0 bridgehead atoms. The van der Waals surface area contributed by atoms with Gasteiger partial charge in [-0.2, -0.15) is 0 Å². The smallest absolute Gasteiger partial charge is 0.329 e. The van der Waals surface area contributed by atoms with Gasteiger partial charge in [-0.25, -0.2) is 4.79 Å². The van der Waals surface area contributed by atoms with Crippen LogP contribution in [0.5, 0.6) is 0 Å². The molecule has 5 heteroatoms. The summed E-state index contributed by atoms with van der Waals surface area (Å²) in [6.07, 6.45) is 9.98. The number of hydrogen-bond donors (Lipinski definition) is 1. The van der Waals surface area contributed by atoms with E-state index >= 15 is 0 Å². The van der Waals surface area contributed by atoms with Gasteiger partial charge in [-0.3, -0.25) is 0 Å². The Labute approximate surface area is 106 Å². The molecule has 2 fully saturated rings. The number of aliphatic carboxylic acids is 1. The minimum atomic E-state index is -0.754. The molecule has 1 N–H and O–H groups in total. The van der Waals surface area contributed by atoms with Crippen LogP contribution in [0.25, 0.3) is 0 Å². The van der Waals surface area contributed by atoms with Gasteiger partial charge in [-0.15, -0.1) is 10.2 Å². The van der Waals surface area contributed by atoms with E-state index in [1.165, 1.54) is 19.3 Å². The van der Waals surface area contributed by atoms with Crippen LogP contribution in [-0.4, -0.2) is 25.8 Å². The second kappa shape index (κ2) is 4.37. The van der Waals surface area contributed by atoms with Crippen molar-refractivity contribution in [2.24, 2.45) is 0 Å². The molecule has 3 rings (SSSR count). The summed E-state index contributed by atoms with van der Waals surface area (Å²) in [5, 5.41) is 17.7. The summed E-state index contributed by atoms with van der Waals surface area (Å²) >= 11 is 0. The Hall–Kier alpha value is -1.39. The number of nitrogens with zero attached hydrogens (tertiary/aromatic N) is 3. The second-order valence-electron chi connectivity index (χ2n) is 5.58. The molecule has 2 saturated carbocycles. The quantitative estimate of drug-likeness (QED) is 0.892. The molecule has 1 heterocycles. The Morgan fingerprint density at radius 2 is 2.00 bits per heavy atom. The standard InChI is InChI=1S/C13H19N3O2/c17-12(18)13(7-4-8-13)16-9-14-15-11(16)10-5-2-1-3-6-10/h9-10H,1-8H2,(H,17,18). The van der Waals surface area contributed by atoms with E-state index in [-0.39, 0.29) is 0 Å². The molecule has 0 saturated heterocycles. The van der Waals surface area contributed by atoms with E-state index in [9.17, 15) is 9.90 Å². The maximum Gasteiger partial charge on any atom is 0.329 e. The minimum Gasteiger partial charge on any atom is -0.479 e. The number of rotatable bonds is 3. The predicted molar refractivity (Wildman–Crippen MR) is 65.3 cm³/mol. The highest BCUT2D eigenvalue weighted by Gasteiger charge is 2.48. The summed E-state index contributed by atoms with van der Waals surface area (Å²) in [6.45, 7) is 0. The van der Waals surface area contributed by atoms with E-state index in [1.807, 2.05) is 4.57 Å². The largest absolute Gasteiger partial charge is 0.479 e. The molecular formula is C13H19N3O2. The zero-order chi connectivity index (χ0) is 12.6. The molecule has 0 aromatic carbocycles. The summed E-state index contributed by atoms with van der Waals surface area (Å²) in [7, 11) is 0. The fourth-order valence-electron chi connectivity index (χ4n) is 3.28. The lowest BCUT2D eigenvalue weighted by Gasteiger charge is -2.40. The minimum absolute atomic E-state index is 0.401. The van der Waals surface area contributed by atoms with Crippen LogP contribution in [0.4, 0.5) is 0 Å². The molecule has 0 amide bonds. The number of aromatic nitrogens is 3. The summed E-state index contributed by atoms with van der Waals surface area (Å²) < 4.78 is 1.86. The number of carboxylic acids is 1. The molecule has 5 nitrogen and oxygen atoms in total. The third kappa shape index (κ3) is 1.64. The monoisotopic (exact) mass is 249 g/mol. The van der Waals surface area contributed by atoms with Gasteiger partial charge in [0.25, 0.3) is 0 Å². The van der Waals surface area contributed by atoms with Crippen molar-refractivity contribution in [3.63, 3.8) is 0 Å². The van der Waals surface area contributed by atoms with Crippen molar-refractivity contribution >= 4 is 5.97 Å². The van der Waals surface area contributed by atoms with Crippen LogP contribution in [0.1, 0.15) is 63.1 Å². The van der Waals surface area contributed by atoms with Crippen LogP contribution in [0.2, 0.25) is 0 Å². The van der Waals surface area contributed by atoms with Crippen molar-refractivity contribution in [1.29, 1.82) is 0 Å². The molecule has 0 spiro atoms. The zero-order valence-corrected chi connectivity index (χ0v) is 10.5. The summed E-state index contributed by atoms with van der Waals surface area (Å²) in [5.74, 6) is 0.570. The van der Waals surface area contributed by atoms with Crippen molar-refractivity contribution in [1.82, 2.24) is 14.8 Å². The highest BCUT2D eigenvalue weighted by Crippen LogP contribution is 2.42. The van der Waals surface area contributed by atoms with Crippen molar-refractivity contribution in [2.45, 2.75) is 62.8 Å². The molecule has 2 aliphatic carbocycles. The van der Waals surface area contributed by atoms with Crippen LogP contribution in [0.3, 0.4) is 0 Å². The molecular weight excluding hydrogens is 230 g/mol. The first-order valence-electron chi connectivity index (χ1n) is 6.88. The van der Waals surface area contributed by atoms with Crippen LogP contribution in [0.15, 0.2) is 6.33 Å². The topological polar surface area (TPSA) is 68.0 Å². The van der Waals surface area contributed by atoms with Crippen LogP contribution in [-0.2, 0) is 10.3 Å². The van der Waals surface area contributed by atoms with Gasteiger partial charge in [0.2, 0.25) is 0 Å². The van der Waals surface area contributed by atoms with Crippen molar-refractivity contribution in [2.75, 3.05) is 0 Å². The SMILES string of the molecule is O=C(O)C1(n2cnnc2C2CCCCC2)CCC1. The maximum absolute atomic E-state index is 11.6. The Morgan fingerprint density at radius 1 is 1.28 bits per heavy atom. The third-order valence-corrected chi connectivity index (χ3v) is 4.58. The molecule has 0 aliphatic heterocycles. The lowest BCUT2D eigenvalue weighted by Crippen LogP contribution is -2.48. The molecule has 98 valence electrons. The molecule has 0 unspecified atom stereocenters. The molecule has 0 radical (unpaired) electrons. The van der Waals surface area contributed by atoms with E-state index in [1.54, 1.807) is 6.33 Å². The normalized spacial score (nSPS) is 23.6. The average Bonchev–Trinajstić information content (AvgIpc) is 2.77. The average molecular weight is 249 g/mol. The second-order valence-corrected chi connectivity index (χ2v) is 5.58. The van der Waals surface area contributed by atoms with E-state index in [2.05, 4.69) is 10.2 Å². The molecule has 1 aromatic heterocycles. The van der Waals surface area contributed by atoms with Crippen molar-refractivity contribution < 1.29 is 9.90 Å². The molecule has 0 atom stereocenters. The van der Waals surface area contributed by atoms with Gasteiger partial charge in [0.05, 0.1) is 0 Å². The van der Waals surface area contributed by atoms with Crippen molar-refractivity contribution in [3.8, 4) is 0 Å². The van der Waals surface area contributed by atoms with E-state index in [0.29, 0.717) is 18.8 Å². The molecule has 1 aromatic rings. The van der Waals surface area contributed by atoms with Gasteiger partial charge in [-0.05, 0) is 32.1 Å². The van der Waals surface area contributed by atoms with Crippen LogP contribution in [0, 0.1) is 0 Å². The summed E-state index contributed by atoms with van der Waals surface area (Å²) in [6, 6.07) is 0. The van der Waals surface area contributed by atoms with Gasteiger partial charge in [0.1, 0.15) is 17.7 Å². The first-order valence-corrected chi connectivity index (χ1v) is 6.88. The van der Waals surface area contributed by atoms with Gasteiger partial charge < -0.3 is 9.67 Å². The number of carboxylic acid groups (broad SMARTS) is 1. The maximum atomic E-state index is 11.6. The van der Waals surface area contributed by atoms with Crippen molar-refractivity contribution in [3.05, 3.63) is 12.2 Å². The first-order chi connectivity index (χ1) is 8.74. The van der Waals surface area contributed by atoms with Gasteiger partial charge in [0.15, 0.2) is 0 Å². The number of hydrogen-bond acceptors (Lipinski definition) is 3. The highest BCUT2D eigenvalue weighted by atomic mass is 16.4. The third-order valence-electron chi connectivity index (χ3n) is 4.58. The lowest BCUT2D eigenvalue weighted by molar-refractivity contribution is -0.152. The van der Waals surface area contributed by atoms with Gasteiger partial charge >= 0.3 is 5.97 Å². The zero-order valence-electron chi connectivity index (χ0n) is 10.5. The molecule has 18 heavy (non-hydrogen) atoms. The Bertz CT molecular complexity index is 445. The summed E-state index contributed by atoms with van der Waals surface area (Å²) in [5.41, 5.74) is -0.754. The van der Waals surface area contributed by atoms with E-state index in [0.717, 1.165) is 25.1 Å². The predicted octanol–water partition coefficient (Wildman–Crippen LogP) is 2.29. The fourth-order valence-corrected chi connectivity index (χ4v) is 3.28. The Kier molecular flexibility index (Phi) is 2.84. The first kappa shape index (κ1) is 11.7.